The van der Waals surface area contributed by atoms with Crippen LogP contribution < -0.4 is 15.2 Å². The molecule has 1 aromatic carbocycles. The van der Waals surface area contributed by atoms with Crippen LogP contribution in [0, 0.1) is 0 Å². The van der Waals surface area contributed by atoms with E-state index in [9.17, 15) is 13.2 Å². The Balaban J connectivity index is 2.20. The number of carbonyl (C=O) groups excluding carboxylic acids is 1. The molecule has 0 aromatic heterocycles. The van der Waals surface area contributed by atoms with Gasteiger partial charge in [-0.3, -0.25) is 9.69 Å². The normalized spacial score (nSPS) is 23.2. The standard InChI is InChI=1S/C16H23ClN2O5S/c1-10-11(2)25(21,22)5-4-19(10)8-12-6-13(17)16(14(7-12)23-3)24-9-15(18)20/h6-7,10-11H,4-5,8-9H2,1-3H3,(H2,18,20). The second-order valence-electron chi connectivity index (χ2n) is 6.15. The molecule has 0 spiro atoms. The Kier molecular flexibility index (Phi) is 6.18. The highest BCUT2D eigenvalue weighted by atomic mass is 35.5. The van der Waals surface area contributed by atoms with E-state index in [1.807, 2.05) is 6.92 Å². The maximum absolute atomic E-state index is 12.0. The van der Waals surface area contributed by atoms with Gasteiger partial charge in [0.05, 0.1) is 23.1 Å². The summed E-state index contributed by atoms with van der Waals surface area (Å²) in [5.74, 6) is 0.186. The number of hydrogen-bond donors (Lipinski definition) is 1. The molecule has 7 nitrogen and oxygen atoms in total. The zero-order chi connectivity index (χ0) is 18.8. The zero-order valence-electron chi connectivity index (χ0n) is 14.5. The van der Waals surface area contributed by atoms with Gasteiger partial charge in [-0.15, -0.1) is 0 Å². The van der Waals surface area contributed by atoms with Crippen molar-refractivity contribution < 1.29 is 22.7 Å². The van der Waals surface area contributed by atoms with Crippen LogP contribution in [0.4, 0.5) is 0 Å². The topological polar surface area (TPSA) is 98.9 Å². The Morgan fingerprint density at radius 3 is 2.68 bits per heavy atom. The first-order valence-corrected chi connectivity index (χ1v) is 9.98. The summed E-state index contributed by atoms with van der Waals surface area (Å²) in [6, 6.07) is 3.39. The molecule has 140 valence electrons. The molecule has 1 aliphatic rings. The molecule has 0 saturated carbocycles. The molecule has 9 heteroatoms. The fourth-order valence-corrected chi connectivity index (χ4v) is 4.76. The Morgan fingerprint density at radius 1 is 1.40 bits per heavy atom. The molecule has 1 saturated heterocycles. The molecule has 0 bridgehead atoms. The van der Waals surface area contributed by atoms with Crippen molar-refractivity contribution in [3.05, 3.63) is 22.7 Å². The van der Waals surface area contributed by atoms with Gasteiger partial charge in [-0.2, -0.15) is 0 Å². The summed E-state index contributed by atoms with van der Waals surface area (Å²) < 4.78 is 34.6. The lowest BCUT2D eigenvalue weighted by atomic mass is 10.1. The molecule has 1 aliphatic heterocycles. The summed E-state index contributed by atoms with van der Waals surface area (Å²) in [7, 11) is -1.56. The third kappa shape index (κ3) is 4.56. The highest BCUT2D eigenvalue weighted by Crippen LogP contribution is 2.37. The van der Waals surface area contributed by atoms with Crippen molar-refractivity contribution in [3.63, 3.8) is 0 Å². The maximum Gasteiger partial charge on any atom is 0.255 e. The zero-order valence-corrected chi connectivity index (χ0v) is 16.1. The molecule has 1 fully saturated rings. The lowest BCUT2D eigenvalue weighted by Crippen LogP contribution is -2.51. The SMILES string of the molecule is COc1cc(CN2CCS(=O)(=O)C(C)C2C)cc(Cl)c1OCC(N)=O. The summed E-state index contributed by atoms with van der Waals surface area (Å²) in [6.45, 7) is 4.35. The number of sulfone groups is 1. The van der Waals surface area contributed by atoms with Gasteiger partial charge in [-0.25, -0.2) is 8.42 Å². The predicted octanol–water partition coefficient (Wildman–Crippen LogP) is 1.22. The van der Waals surface area contributed by atoms with Crippen LogP contribution in [0.1, 0.15) is 19.4 Å². The molecule has 2 rings (SSSR count). The van der Waals surface area contributed by atoms with Crippen LogP contribution in [0.2, 0.25) is 5.02 Å². The Bertz CT molecular complexity index is 753. The van der Waals surface area contributed by atoms with Crippen molar-refractivity contribution in [1.82, 2.24) is 4.90 Å². The number of halogens is 1. The second kappa shape index (κ2) is 7.80. The first kappa shape index (κ1) is 19.8. The van der Waals surface area contributed by atoms with Crippen molar-refractivity contribution in [2.45, 2.75) is 31.7 Å². The van der Waals surface area contributed by atoms with E-state index in [4.69, 9.17) is 26.8 Å². The van der Waals surface area contributed by atoms with Crippen molar-refractivity contribution in [2.75, 3.05) is 26.0 Å². The minimum absolute atomic E-state index is 0.102. The molecule has 25 heavy (non-hydrogen) atoms. The molecule has 2 atom stereocenters. The number of rotatable bonds is 6. The second-order valence-corrected chi connectivity index (χ2v) is 9.03. The Morgan fingerprint density at radius 2 is 2.08 bits per heavy atom. The number of carbonyl (C=O) groups is 1. The molecular formula is C16H23ClN2O5S. The molecule has 0 radical (unpaired) electrons. The summed E-state index contributed by atoms with van der Waals surface area (Å²) in [5.41, 5.74) is 5.95. The fraction of sp³-hybridized carbons (Fsp3) is 0.562. The quantitative estimate of drug-likeness (QED) is 0.784. The first-order valence-electron chi connectivity index (χ1n) is 7.89. The lowest BCUT2D eigenvalue weighted by molar-refractivity contribution is -0.119. The third-order valence-electron chi connectivity index (χ3n) is 4.52. The van der Waals surface area contributed by atoms with Crippen LogP contribution >= 0.6 is 11.6 Å². The van der Waals surface area contributed by atoms with E-state index in [0.29, 0.717) is 23.9 Å². The highest BCUT2D eigenvalue weighted by Gasteiger charge is 2.35. The van der Waals surface area contributed by atoms with Crippen LogP contribution in [-0.4, -0.2) is 56.5 Å². The maximum atomic E-state index is 12.0. The Hall–Kier alpha value is -1.51. The number of hydrogen-bond acceptors (Lipinski definition) is 6. The van der Waals surface area contributed by atoms with Crippen LogP contribution in [0.5, 0.6) is 11.5 Å². The molecule has 2 N–H and O–H groups in total. The fourth-order valence-electron chi connectivity index (χ4n) is 2.84. The minimum atomic E-state index is -3.04. The number of methoxy groups -OCH3 is 1. The number of benzene rings is 1. The molecule has 1 amide bonds. The molecule has 1 heterocycles. The van der Waals surface area contributed by atoms with Gasteiger partial charge in [0.15, 0.2) is 27.9 Å². The molecule has 2 unspecified atom stereocenters. The van der Waals surface area contributed by atoms with Crippen LogP contribution in [0.25, 0.3) is 0 Å². The summed E-state index contributed by atoms with van der Waals surface area (Å²) in [5, 5.41) is -0.113. The first-order chi connectivity index (χ1) is 11.7. The number of nitrogens with two attached hydrogens (primary N) is 1. The summed E-state index contributed by atoms with van der Waals surface area (Å²) in [6.07, 6.45) is 0. The molecular weight excluding hydrogens is 368 g/mol. The summed E-state index contributed by atoms with van der Waals surface area (Å²) >= 11 is 6.25. The van der Waals surface area contributed by atoms with E-state index >= 15 is 0 Å². The van der Waals surface area contributed by atoms with E-state index in [1.165, 1.54) is 7.11 Å². The van der Waals surface area contributed by atoms with Gasteiger partial charge in [0, 0.05) is 19.1 Å². The van der Waals surface area contributed by atoms with Crippen molar-refractivity contribution in [1.29, 1.82) is 0 Å². The predicted molar refractivity (Wildman–Crippen MR) is 95.8 cm³/mol. The highest BCUT2D eigenvalue weighted by molar-refractivity contribution is 7.92. The van der Waals surface area contributed by atoms with Gasteiger partial charge in [0.1, 0.15) is 0 Å². The van der Waals surface area contributed by atoms with Crippen LogP contribution in [0.15, 0.2) is 12.1 Å². The average Bonchev–Trinajstić information content (AvgIpc) is 2.54. The van der Waals surface area contributed by atoms with E-state index in [2.05, 4.69) is 4.90 Å². The number of amides is 1. The van der Waals surface area contributed by atoms with E-state index in [0.717, 1.165) is 5.56 Å². The monoisotopic (exact) mass is 390 g/mol. The van der Waals surface area contributed by atoms with Gasteiger partial charge in [-0.1, -0.05) is 11.6 Å². The smallest absolute Gasteiger partial charge is 0.255 e. The molecule has 1 aromatic rings. The van der Waals surface area contributed by atoms with Crippen LogP contribution in [0.3, 0.4) is 0 Å². The Labute approximate surface area is 152 Å². The van der Waals surface area contributed by atoms with E-state index < -0.39 is 21.0 Å². The van der Waals surface area contributed by atoms with Gasteiger partial charge in [0.2, 0.25) is 0 Å². The van der Waals surface area contributed by atoms with Crippen molar-refractivity contribution in [3.8, 4) is 11.5 Å². The van der Waals surface area contributed by atoms with Gasteiger partial charge < -0.3 is 15.2 Å². The van der Waals surface area contributed by atoms with E-state index in [1.54, 1.807) is 19.1 Å². The summed E-state index contributed by atoms with van der Waals surface area (Å²) in [4.78, 5) is 13.0. The molecule has 0 aliphatic carbocycles. The van der Waals surface area contributed by atoms with Gasteiger partial charge in [0.25, 0.3) is 5.91 Å². The lowest BCUT2D eigenvalue weighted by Gasteiger charge is -2.37. The van der Waals surface area contributed by atoms with Crippen molar-refractivity contribution in [2.24, 2.45) is 5.73 Å². The average molecular weight is 391 g/mol. The van der Waals surface area contributed by atoms with Gasteiger partial charge in [-0.05, 0) is 31.5 Å². The van der Waals surface area contributed by atoms with E-state index in [-0.39, 0.29) is 24.2 Å². The number of nitrogens with zero attached hydrogens (tertiary/aromatic N) is 1. The van der Waals surface area contributed by atoms with Crippen molar-refractivity contribution >= 4 is 27.3 Å². The third-order valence-corrected chi connectivity index (χ3v) is 7.08. The van der Waals surface area contributed by atoms with Crippen LogP contribution in [-0.2, 0) is 21.2 Å². The largest absolute Gasteiger partial charge is 0.493 e. The minimum Gasteiger partial charge on any atom is -0.493 e. The van der Waals surface area contributed by atoms with Gasteiger partial charge >= 0.3 is 0 Å². The number of primary amides is 1. The number of ether oxygens (including phenoxy) is 2.